The van der Waals surface area contributed by atoms with E-state index >= 15 is 0 Å². The molecule has 0 aliphatic carbocycles. The highest BCUT2D eigenvalue weighted by Crippen LogP contribution is 2.35. The fourth-order valence-corrected chi connectivity index (χ4v) is 2.62. The second-order valence-corrected chi connectivity index (χ2v) is 4.78. The molecule has 1 heterocycles. The third-order valence-corrected chi connectivity index (χ3v) is 3.84. The Bertz CT molecular complexity index is 487. The molecule has 0 spiro atoms. The number of hydrogen-bond donors (Lipinski definition) is 1. The average molecular weight is 259 g/mol. The van der Waals surface area contributed by atoms with Crippen LogP contribution in [0.1, 0.15) is 18.4 Å². The zero-order valence-electron chi connectivity index (χ0n) is 10.7. The molecule has 0 saturated carbocycles. The van der Waals surface area contributed by atoms with Crippen LogP contribution in [0.3, 0.4) is 0 Å². The molecule has 1 saturated heterocycles. The first kappa shape index (κ1) is 13.3. The molecule has 0 bridgehead atoms. The van der Waals surface area contributed by atoms with Crippen molar-refractivity contribution >= 4 is 11.9 Å². The van der Waals surface area contributed by atoms with E-state index in [0.717, 1.165) is 5.56 Å². The van der Waals surface area contributed by atoms with Gasteiger partial charge >= 0.3 is 5.97 Å². The Morgan fingerprint density at radius 3 is 2.26 bits per heavy atom. The minimum absolute atomic E-state index is 0.132. The molecular formula is C15H17NO3. The zero-order chi connectivity index (χ0) is 13.9. The molecular weight excluding hydrogens is 242 g/mol. The van der Waals surface area contributed by atoms with Gasteiger partial charge in [0, 0.05) is 13.1 Å². The van der Waals surface area contributed by atoms with E-state index in [1.54, 1.807) is 4.90 Å². The van der Waals surface area contributed by atoms with Gasteiger partial charge in [0.1, 0.15) is 0 Å². The molecule has 0 aromatic heterocycles. The highest BCUT2D eigenvalue weighted by Gasteiger charge is 2.43. The molecule has 1 fully saturated rings. The summed E-state index contributed by atoms with van der Waals surface area (Å²) >= 11 is 0. The first-order chi connectivity index (χ1) is 9.10. The molecule has 4 heteroatoms. The Morgan fingerprint density at radius 2 is 1.79 bits per heavy atom. The summed E-state index contributed by atoms with van der Waals surface area (Å²) in [6, 6.07) is 9.26. The van der Waals surface area contributed by atoms with Crippen molar-refractivity contribution in [1.29, 1.82) is 0 Å². The fourth-order valence-electron chi connectivity index (χ4n) is 2.62. The topological polar surface area (TPSA) is 57.6 Å². The van der Waals surface area contributed by atoms with E-state index in [0.29, 0.717) is 25.9 Å². The highest BCUT2D eigenvalue weighted by atomic mass is 16.4. The number of amides is 1. The van der Waals surface area contributed by atoms with Crippen LogP contribution in [-0.2, 0) is 15.0 Å². The third-order valence-electron chi connectivity index (χ3n) is 3.84. The summed E-state index contributed by atoms with van der Waals surface area (Å²) in [5.41, 5.74) is -0.0626. The summed E-state index contributed by atoms with van der Waals surface area (Å²) in [4.78, 5) is 24.9. The Morgan fingerprint density at radius 1 is 1.21 bits per heavy atom. The number of carbonyl (C=O) groups excluding carboxylic acids is 1. The Kier molecular flexibility index (Phi) is 3.69. The van der Waals surface area contributed by atoms with Crippen molar-refractivity contribution in [3.63, 3.8) is 0 Å². The van der Waals surface area contributed by atoms with Gasteiger partial charge < -0.3 is 10.0 Å². The van der Waals surface area contributed by atoms with Crippen LogP contribution in [-0.4, -0.2) is 35.0 Å². The molecule has 1 aromatic carbocycles. The van der Waals surface area contributed by atoms with Crippen LogP contribution in [0.4, 0.5) is 0 Å². The predicted octanol–water partition coefficient (Wildman–Crippen LogP) is 1.82. The van der Waals surface area contributed by atoms with Crippen LogP contribution in [0.15, 0.2) is 43.0 Å². The monoisotopic (exact) mass is 259 g/mol. The van der Waals surface area contributed by atoms with Gasteiger partial charge in [-0.2, -0.15) is 0 Å². The van der Waals surface area contributed by atoms with Gasteiger partial charge in [0.05, 0.1) is 5.41 Å². The zero-order valence-corrected chi connectivity index (χ0v) is 10.7. The van der Waals surface area contributed by atoms with E-state index in [1.165, 1.54) is 6.08 Å². The van der Waals surface area contributed by atoms with E-state index in [9.17, 15) is 14.7 Å². The fraction of sp³-hybridized carbons (Fsp3) is 0.333. The molecule has 0 unspecified atom stereocenters. The molecule has 1 N–H and O–H groups in total. The SMILES string of the molecule is C=CC(=O)N1CCC(C(=O)O)(c2ccccc2)CC1. The van der Waals surface area contributed by atoms with Crippen LogP contribution in [0, 0.1) is 0 Å². The van der Waals surface area contributed by atoms with Crippen molar-refractivity contribution in [2.75, 3.05) is 13.1 Å². The number of carbonyl (C=O) groups is 2. The number of piperidine rings is 1. The normalized spacial score (nSPS) is 17.8. The molecule has 1 aromatic rings. The Balaban J connectivity index is 2.24. The van der Waals surface area contributed by atoms with Crippen molar-refractivity contribution in [3.8, 4) is 0 Å². The van der Waals surface area contributed by atoms with Gasteiger partial charge in [0.2, 0.25) is 5.91 Å². The minimum Gasteiger partial charge on any atom is -0.481 e. The first-order valence-electron chi connectivity index (χ1n) is 6.30. The average Bonchev–Trinajstić information content (AvgIpc) is 2.47. The van der Waals surface area contributed by atoms with Crippen LogP contribution in [0.25, 0.3) is 0 Å². The van der Waals surface area contributed by atoms with Crippen LogP contribution in [0.5, 0.6) is 0 Å². The summed E-state index contributed by atoms with van der Waals surface area (Å²) in [5.74, 6) is -0.948. The lowest BCUT2D eigenvalue weighted by Gasteiger charge is -2.38. The van der Waals surface area contributed by atoms with Gasteiger partial charge in [-0.25, -0.2) is 0 Å². The maximum atomic E-state index is 11.7. The highest BCUT2D eigenvalue weighted by molar-refractivity contribution is 5.88. The summed E-state index contributed by atoms with van der Waals surface area (Å²) in [7, 11) is 0. The summed E-state index contributed by atoms with van der Waals surface area (Å²) in [6.07, 6.45) is 2.15. The number of carboxylic acids is 1. The first-order valence-corrected chi connectivity index (χ1v) is 6.30. The van der Waals surface area contributed by atoms with Crippen molar-refractivity contribution < 1.29 is 14.7 Å². The van der Waals surface area contributed by atoms with E-state index < -0.39 is 11.4 Å². The lowest BCUT2D eigenvalue weighted by atomic mass is 9.73. The molecule has 1 aliphatic heterocycles. The molecule has 1 aliphatic rings. The number of benzene rings is 1. The summed E-state index contributed by atoms with van der Waals surface area (Å²) in [5, 5.41) is 9.60. The van der Waals surface area contributed by atoms with E-state index in [-0.39, 0.29) is 5.91 Å². The number of likely N-dealkylation sites (tertiary alicyclic amines) is 1. The van der Waals surface area contributed by atoms with Gasteiger partial charge in [0.25, 0.3) is 0 Å². The van der Waals surface area contributed by atoms with Crippen molar-refractivity contribution in [2.24, 2.45) is 0 Å². The standard InChI is InChI=1S/C15H17NO3/c1-2-13(17)16-10-8-15(9-11-16,14(18)19)12-6-4-3-5-7-12/h2-7H,1,8-11H2,(H,18,19). The number of aliphatic carboxylic acids is 1. The van der Waals surface area contributed by atoms with Crippen molar-refractivity contribution in [3.05, 3.63) is 48.6 Å². The lowest BCUT2D eigenvalue weighted by Crippen LogP contribution is -2.48. The number of nitrogens with zero attached hydrogens (tertiary/aromatic N) is 1. The van der Waals surface area contributed by atoms with Gasteiger partial charge in [-0.15, -0.1) is 0 Å². The minimum atomic E-state index is -0.876. The largest absolute Gasteiger partial charge is 0.481 e. The molecule has 2 rings (SSSR count). The van der Waals surface area contributed by atoms with Crippen molar-refractivity contribution in [1.82, 2.24) is 4.90 Å². The maximum Gasteiger partial charge on any atom is 0.314 e. The Hall–Kier alpha value is -2.10. The second-order valence-electron chi connectivity index (χ2n) is 4.78. The van der Waals surface area contributed by atoms with E-state index in [4.69, 9.17) is 0 Å². The van der Waals surface area contributed by atoms with Gasteiger partial charge in [-0.1, -0.05) is 36.9 Å². The summed E-state index contributed by atoms with van der Waals surface area (Å²) < 4.78 is 0. The van der Waals surface area contributed by atoms with Gasteiger partial charge in [-0.3, -0.25) is 9.59 Å². The third kappa shape index (κ3) is 2.38. The molecule has 0 atom stereocenters. The molecule has 19 heavy (non-hydrogen) atoms. The summed E-state index contributed by atoms with van der Waals surface area (Å²) in [6.45, 7) is 4.36. The number of carboxylic acid groups (broad SMARTS) is 1. The number of rotatable bonds is 3. The van der Waals surface area contributed by atoms with Gasteiger partial charge in [-0.05, 0) is 24.5 Å². The Labute approximate surface area is 112 Å². The second kappa shape index (κ2) is 5.26. The van der Waals surface area contributed by atoms with Gasteiger partial charge in [0.15, 0.2) is 0 Å². The lowest BCUT2D eigenvalue weighted by molar-refractivity contribution is -0.147. The molecule has 0 radical (unpaired) electrons. The molecule has 4 nitrogen and oxygen atoms in total. The van der Waals surface area contributed by atoms with Crippen molar-refractivity contribution in [2.45, 2.75) is 18.3 Å². The smallest absolute Gasteiger partial charge is 0.314 e. The van der Waals surface area contributed by atoms with Crippen LogP contribution < -0.4 is 0 Å². The molecule has 100 valence electrons. The predicted molar refractivity (Wildman–Crippen MR) is 71.8 cm³/mol. The molecule has 1 amide bonds. The van der Waals surface area contributed by atoms with Crippen LogP contribution >= 0.6 is 0 Å². The van der Waals surface area contributed by atoms with E-state index in [2.05, 4.69) is 6.58 Å². The van der Waals surface area contributed by atoms with Crippen LogP contribution in [0.2, 0.25) is 0 Å². The maximum absolute atomic E-state index is 11.7. The quantitative estimate of drug-likeness (QED) is 0.842. The van der Waals surface area contributed by atoms with E-state index in [1.807, 2.05) is 30.3 Å². The number of hydrogen-bond acceptors (Lipinski definition) is 2.